The Kier molecular flexibility index (Phi) is 3.70. The normalized spacial score (nSPS) is 16.9. The molecule has 1 aliphatic heterocycles. The van der Waals surface area contributed by atoms with Crippen LogP contribution in [0.1, 0.15) is 26.3 Å². The van der Waals surface area contributed by atoms with Crippen molar-refractivity contribution in [2.45, 2.75) is 26.9 Å². The summed E-state index contributed by atoms with van der Waals surface area (Å²) < 4.78 is 5.64. The molecule has 2 rings (SSSR count). The number of carbonyl (C=O) groups is 1. The molecule has 0 radical (unpaired) electrons. The molecule has 96 valence electrons. The third kappa shape index (κ3) is 2.40. The van der Waals surface area contributed by atoms with Gasteiger partial charge in [0, 0.05) is 24.3 Å². The Labute approximate surface area is 108 Å². The summed E-state index contributed by atoms with van der Waals surface area (Å²) in [6.07, 6.45) is 3.35. The maximum Gasteiger partial charge on any atom is 0.175 e. The van der Waals surface area contributed by atoms with Crippen molar-refractivity contribution in [2.75, 3.05) is 18.0 Å². The third-order valence-corrected chi connectivity index (χ3v) is 3.23. The number of benzene rings is 1. The van der Waals surface area contributed by atoms with Crippen LogP contribution in [0.15, 0.2) is 24.3 Å². The fourth-order valence-electron chi connectivity index (χ4n) is 2.14. The maximum absolute atomic E-state index is 11.3. The Morgan fingerprint density at radius 1 is 1.33 bits per heavy atom. The van der Waals surface area contributed by atoms with Gasteiger partial charge in [-0.15, -0.1) is 0 Å². The van der Waals surface area contributed by atoms with Crippen LogP contribution in [0, 0.1) is 0 Å². The number of Topliss-reactive ketones (excluding diaryl/α,β-unsaturated/α-hetero) is 1. The number of hydrogen-bond acceptors (Lipinski definition) is 3. The zero-order chi connectivity index (χ0) is 13.1. The quantitative estimate of drug-likeness (QED) is 0.817. The van der Waals surface area contributed by atoms with Crippen LogP contribution in [0.5, 0.6) is 5.75 Å². The molecule has 0 amide bonds. The van der Waals surface area contributed by atoms with Gasteiger partial charge < -0.3 is 9.64 Å². The van der Waals surface area contributed by atoms with Crippen molar-refractivity contribution >= 4 is 17.5 Å². The fraction of sp³-hybridized carbons (Fsp3) is 0.400. The summed E-state index contributed by atoms with van der Waals surface area (Å²) in [6.45, 7) is 7.79. The summed E-state index contributed by atoms with van der Waals surface area (Å²) in [4.78, 5) is 13.6. The lowest BCUT2D eigenvalue weighted by Gasteiger charge is -2.24. The van der Waals surface area contributed by atoms with E-state index in [1.165, 1.54) is 5.69 Å². The van der Waals surface area contributed by atoms with Crippen LogP contribution in [0.25, 0.3) is 6.08 Å². The molecule has 1 atom stereocenters. The Balaban J connectivity index is 2.28. The number of fused-ring (bicyclic) bond motifs is 1. The highest BCUT2D eigenvalue weighted by Gasteiger charge is 2.18. The number of ether oxygens (including phenoxy) is 1. The second kappa shape index (κ2) is 5.25. The van der Waals surface area contributed by atoms with Crippen molar-refractivity contribution in [2.24, 2.45) is 0 Å². The van der Waals surface area contributed by atoms with E-state index < -0.39 is 6.10 Å². The average molecular weight is 245 g/mol. The van der Waals surface area contributed by atoms with Gasteiger partial charge in [0.25, 0.3) is 0 Å². The monoisotopic (exact) mass is 245 g/mol. The van der Waals surface area contributed by atoms with E-state index in [1.54, 1.807) is 6.92 Å². The van der Waals surface area contributed by atoms with Crippen molar-refractivity contribution < 1.29 is 9.53 Å². The molecule has 1 heterocycles. The van der Waals surface area contributed by atoms with E-state index in [9.17, 15) is 4.79 Å². The van der Waals surface area contributed by atoms with Gasteiger partial charge in [-0.2, -0.15) is 0 Å². The minimum Gasteiger partial charge on any atom is -0.478 e. The molecule has 0 spiro atoms. The van der Waals surface area contributed by atoms with Crippen LogP contribution in [0.2, 0.25) is 0 Å². The van der Waals surface area contributed by atoms with Gasteiger partial charge in [-0.1, -0.05) is 6.08 Å². The van der Waals surface area contributed by atoms with Crippen molar-refractivity contribution in [1.29, 1.82) is 0 Å². The molecule has 1 unspecified atom stereocenters. The predicted octanol–water partition coefficient (Wildman–Crippen LogP) is 2.90. The molecule has 1 aromatic rings. The van der Waals surface area contributed by atoms with Crippen LogP contribution < -0.4 is 9.64 Å². The zero-order valence-corrected chi connectivity index (χ0v) is 11.1. The minimum atomic E-state index is -0.434. The molecular formula is C15H19NO2. The maximum atomic E-state index is 11.3. The van der Waals surface area contributed by atoms with E-state index >= 15 is 0 Å². The van der Waals surface area contributed by atoms with Crippen LogP contribution in [-0.2, 0) is 4.79 Å². The zero-order valence-electron chi connectivity index (χ0n) is 11.1. The summed E-state index contributed by atoms with van der Waals surface area (Å²) >= 11 is 0. The molecule has 0 N–H and O–H groups in total. The van der Waals surface area contributed by atoms with Gasteiger partial charge in [-0.05, 0) is 45.0 Å². The first-order valence-electron chi connectivity index (χ1n) is 6.40. The number of ketones is 1. The first-order valence-corrected chi connectivity index (χ1v) is 6.40. The summed E-state index contributed by atoms with van der Waals surface area (Å²) in [7, 11) is 0. The smallest absolute Gasteiger partial charge is 0.175 e. The van der Waals surface area contributed by atoms with Crippen LogP contribution in [-0.4, -0.2) is 25.0 Å². The number of carbonyl (C=O) groups excluding carboxylic acids is 1. The number of anilines is 1. The number of rotatable bonds is 4. The summed E-state index contributed by atoms with van der Waals surface area (Å²) in [5.41, 5.74) is 2.23. The van der Waals surface area contributed by atoms with Crippen LogP contribution in [0.3, 0.4) is 0 Å². The van der Waals surface area contributed by atoms with Crippen molar-refractivity contribution in [3.8, 4) is 5.75 Å². The standard InChI is InChI=1S/C15H19NO2/c1-4-16(5-2)13-7-9-15-12(10-13)6-8-14(18-15)11(3)17/h6-10,14H,4-5H2,1-3H3. The van der Waals surface area contributed by atoms with E-state index in [4.69, 9.17) is 4.74 Å². The second-order valence-corrected chi connectivity index (χ2v) is 4.40. The van der Waals surface area contributed by atoms with Crippen molar-refractivity contribution in [3.63, 3.8) is 0 Å². The first-order chi connectivity index (χ1) is 8.65. The van der Waals surface area contributed by atoms with Crippen molar-refractivity contribution in [3.05, 3.63) is 29.8 Å². The second-order valence-electron chi connectivity index (χ2n) is 4.40. The third-order valence-electron chi connectivity index (χ3n) is 3.23. The van der Waals surface area contributed by atoms with E-state index in [0.717, 1.165) is 24.4 Å². The molecule has 0 fully saturated rings. The Hall–Kier alpha value is -1.77. The lowest BCUT2D eigenvalue weighted by Crippen LogP contribution is -2.25. The lowest BCUT2D eigenvalue weighted by atomic mass is 10.1. The van der Waals surface area contributed by atoms with Gasteiger partial charge in [-0.25, -0.2) is 0 Å². The first kappa shape index (κ1) is 12.7. The fourth-order valence-corrected chi connectivity index (χ4v) is 2.14. The topological polar surface area (TPSA) is 29.5 Å². The highest BCUT2D eigenvalue weighted by atomic mass is 16.5. The largest absolute Gasteiger partial charge is 0.478 e. The Morgan fingerprint density at radius 3 is 2.67 bits per heavy atom. The van der Waals surface area contributed by atoms with Gasteiger partial charge in [0.1, 0.15) is 5.75 Å². The highest BCUT2D eigenvalue weighted by Crippen LogP contribution is 2.30. The predicted molar refractivity (Wildman–Crippen MR) is 74.1 cm³/mol. The molecule has 0 saturated heterocycles. The molecule has 3 heteroatoms. The molecule has 18 heavy (non-hydrogen) atoms. The Morgan fingerprint density at radius 2 is 2.06 bits per heavy atom. The van der Waals surface area contributed by atoms with Gasteiger partial charge >= 0.3 is 0 Å². The highest BCUT2D eigenvalue weighted by molar-refractivity contribution is 5.85. The molecule has 3 nitrogen and oxygen atoms in total. The number of nitrogens with zero attached hydrogens (tertiary/aromatic N) is 1. The minimum absolute atomic E-state index is 0.0321. The average Bonchev–Trinajstić information content (AvgIpc) is 2.39. The SMILES string of the molecule is CCN(CC)c1ccc2c(c1)C=CC(C(C)=O)O2. The molecule has 0 aromatic heterocycles. The summed E-state index contributed by atoms with van der Waals surface area (Å²) in [5.74, 6) is 0.818. The molecule has 0 aliphatic carbocycles. The Bertz CT molecular complexity index is 475. The van der Waals surface area contributed by atoms with E-state index in [-0.39, 0.29) is 5.78 Å². The molecule has 1 aromatic carbocycles. The molecule has 0 bridgehead atoms. The van der Waals surface area contributed by atoms with Crippen molar-refractivity contribution in [1.82, 2.24) is 0 Å². The van der Waals surface area contributed by atoms with E-state index in [0.29, 0.717) is 0 Å². The summed E-state index contributed by atoms with van der Waals surface area (Å²) in [6, 6.07) is 6.10. The van der Waals surface area contributed by atoms with Crippen LogP contribution >= 0.6 is 0 Å². The number of hydrogen-bond donors (Lipinski definition) is 0. The summed E-state index contributed by atoms with van der Waals surface area (Å²) in [5, 5.41) is 0. The lowest BCUT2D eigenvalue weighted by molar-refractivity contribution is -0.121. The van der Waals surface area contributed by atoms with Gasteiger partial charge in [0.2, 0.25) is 0 Å². The molecule has 1 aliphatic rings. The van der Waals surface area contributed by atoms with Gasteiger partial charge in [-0.3, -0.25) is 4.79 Å². The van der Waals surface area contributed by atoms with E-state index in [1.807, 2.05) is 24.3 Å². The van der Waals surface area contributed by atoms with Gasteiger partial charge in [0.05, 0.1) is 0 Å². The van der Waals surface area contributed by atoms with Gasteiger partial charge in [0.15, 0.2) is 11.9 Å². The molecule has 0 saturated carbocycles. The molecular weight excluding hydrogens is 226 g/mol. The van der Waals surface area contributed by atoms with Crippen LogP contribution in [0.4, 0.5) is 5.69 Å². The van der Waals surface area contributed by atoms with E-state index in [2.05, 4.69) is 24.8 Å².